The van der Waals surface area contributed by atoms with E-state index in [-0.39, 0.29) is 4.90 Å². The smallest absolute Gasteiger partial charge is 0.241 e. The minimum atomic E-state index is -3.92. The van der Waals surface area contributed by atoms with Gasteiger partial charge in [-0.3, -0.25) is 4.21 Å². The van der Waals surface area contributed by atoms with Crippen molar-refractivity contribution in [2.75, 3.05) is 29.8 Å². The van der Waals surface area contributed by atoms with Crippen LogP contribution in [0.5, 0.6) is 5.75 Å². The van der Waals surface area contributed by atoms with Gasteiger partial charge in [0, 0.05) is 35.4 Å². The van der Waals surface area contributed by atoms with E-state index in [0.717, 1.165) is 27.7 Å². The minimum absolute atomic E-state index is 0.109. The van der Waals surface area contributed by atoms with Gasteiger partial charge in [-0.05, 0) is 47.7 Å². The number of aromatic nitrogens is 1. The van der Waals surface area contributed by atoms with Crippen molar-refractivity contribution in [1.82, 2.24) is 9.71 Å². The third-order valence-electron chi connectivity index (χ3n) is 5.84. The molecule has 0 radical (unpaired) electrons. The summed E-state index contributed by atoms with van der Waals surface area (Å²) < 4.78 is 59.7. The summed E-state index contributed by atoms with van der Waals surface area (Å²) in [6.07, 6.45) is 0.317. The Morgan fingerprint density at radius 3 is 2.73 bits per heavy atom. The van der Waals surface area contributed by atoms with Gasteiger partial charge in [-0.1, -0.05) is 18.2 Å². The molecule has 2 N–H and O–H groups in total. The SMILES string of the molecule is CN1CCOc2cc(S(=O)(=O)N[C@@H](Cc3ccc(NS(=O)[O-])cc3)c3csc(-c4cccs4)n3)ccc21. The van der Waals surface area contributed by atoms with E-state index in [1.54, 1.807) is 53.8 Å². The van der Waals surface area contributed by atoms with Crippen LogP contribution in [0.15, 0.2) is 70.3 Å². The fraction of sp³-hybridized carbons (Fsp3) is 0.208. The highest BCUT2D eigenvalue weighted by Gasteiger charge is 2.26. The number of nitrogens with zero attached hydrogens (tertiary/aromatic N) is 2. The molecule has 13 heteroatoms. The Labute approximate surface area is 225 Å². The van der Waals surface area contributed by atoms with Gasteiger partial charge in [0.25, 0.3) is 0 Å². The number of hydrogen-bond acceptors (Lipinski definition) is 9. The highest BCUT2D eigenvalue weighted by atomic mass is 32.2. The molecule has 1 unspecified atom stereocenters. The first-order valence-corrected chi connectivity index (χ1v) is 15.5. The summed E-state index contributed by atoms with van der Waals surface area (Å²) in [6.45, 7) is 1.22. The molecule has 37 heavy (non-hydrogen) atoms. The molecule has 194 valence electrons. The molecule has 0 spiro atoms. The largest absolute Gasteiger partial charge is 0.755 e. The Bertz CT molecular complexity index is 1500. The van der Waals surface area contributed by atoms with Crippen molar-refractivity contribution < 1.29 is 21.9 Å². The molecule has 5 rings (SSSR count). The third-order valence-corrected chi connectivity index (χ3v) is 9.61. The first-order chi connectivity index (χ1) is 17.8. The van der Waals surface area contributed by atoms with Gasteiger partial charge in [-0.25, -0.2) is 18.1 Å². The van der Waals surface area contributed by atoms with Crippen LogP contribution < -0.4 is 19.1 Å². The average molecular weight is 576 g/mol. The van der Waals surface area contributed by atoms with Crippen molar-refractivity contribution in [2.24, 2.45) is 0 Å². The molecule has 9 nitrogen and oxygen atoms in total. The number of hydrogen-bond donors (Lipinski definition) is 2. The maximum Gasteiger partial charge on any atom is 0.241 e. The Balaban J connectivity index is 1.44. The van der Waals surface area contributed by atoms with Gasteiger partial charge < -0.3 is 18.9 Å². The molecule has 0 fully saturated rings. The average Bonchev–Trinajstić information content (AvgIpc) is 3.57. The zero-order chi connectivity index (χ0) is 26.0. The van der Waals surface area contributed by atoms with Gasteiger partial charge >= 0.3 is 0 Å². The molecular weight excluding hydrogens is 553 g/mol. The Morgan fingerprint density at radius 1 is 1.19 bits per heavy atom. The number of nitrogens with one attached hydrogen (secondary N) is 2. The van der Waals surface area contributed by atoms with Crippen LogP contribution in [0.1, 0.15) is 17.3 Å². The second-order valence-electron chi connectivity index (χ2n) is 8.37. The summed E-state index contributed by atoms with van der Waals surface area (Å²) in [7, 11) is -1.99. The van der Waals surface area contributed by atoms with Gasteiger partial charge in [0.2, 0.25) is 10.0 Å². The molecule has 1 aliphatic heterocycles. The number of sulfonamides is 1. The lowest BCUT2D eigenvalue weighted by Crippen LogP contribution is -2.31. The number of likely N-dealkylation sites (N-methyl/N-ethyl adjacent to an activating group) is 1. The van der Waals surface area contributed by atoms with Gasteiger partial charge in [0.05, 0.1) is 33.7 Å². The predicted molar refractivity (Wildman–Crippen MR) is 146 cm³/mol. The van der Waals surface area contributed by atoms with Crippen molar-refractivity contribution in [1.29, 1.82) is 0 Å². The van der Waals surface area contributed by atoms with E-state index >= 15 is 0 Å². The van der Waals surface area contributed by atoms with Gasteiger partial charge in [0.15, 0.2) is 0 Å². The van der Waals surface area contributed by atoms with Crippen LogP contribution in [0, 0.1) is 0 Å². The number of benzene rings is 2. The Hall–Kier alpha value is -2.81. The maximum atomic E-state index is 13.5. The maximum absolute atomic E-state index is 13.5. The predicted octanol–water partition coefficient (Wildman–Crippen LogP) is 4.17. The van der Waals surface area contributed by atoms with Crippen molar-refractivity contribution in [3.63, 3.8) is 0 Å². The van der Waals surface area contributed by atoms with E-state index in [0.29, 0.717) is 30.2 Å². The summed E-state index contributed by atoms with van der Waals surface area (Å²) in [5.74, 6) is 0.528. The van der Waals surface area contributed by atoms with Crippen molar-refractivity contribution >= 4 is 55.3 Å². The van der Waals surface area contributed by atoms with E-state index in [1.165, 1.54) is 11.3 Å². The fourth-order valence-electron chi connectivity index (χ4n) is 3.97. The number of thiophene rings is 1. The second kappa shape index (κ2) is 10.9. The van der Waals surface area contributed by atoms with Gasteiger partial charge in [-0.2, -0.15) is 0 Å². The van der Waals surface area contributed by atoms with E-state index in [4.69, 9.17) is 9.72 Å². The lowest BCUT2D eigenvalue weighted by atomic mass is 10.0. The fourth-order valence-corrected chi connectivity index (χ4v) is 7.21. The standard InChI is InChI=1S/C24H24N4O5S4/c1-28-10-11-33-22-14-18(8-9-21(22)28)37(31,32)27-19(13-16-4-6-17(7-5-16)26-36(29)30)20-15-35-24(25-20)23-3-2-12-34-23/h2-9,12,14-15,19,26-27H,10-11,13H2,1H3,(H,29,30)/p-1/t19-/m0/s1. The quantitative estimate of drug-likeness (QED) is 0.287. The minimum Gasteiger partial charge on any atom is -0.755 e. The third kappa shape index (κ3) is 6.03. The summed E-state index contributed by atoms with van der Waals surface area (Å²) in [5, 5.41) is 4.65. The molecule has 2 aromatic heterocycles. The molecule has 1 aliphatic rings. The van der Waals surface area contributed by atoms with E-state index < -0.39 is 27.3 Å². The molecule has 2 atom stereocenters. The van der Waals surface area contributed by atoms with Crippen molar-refractivity contribution in [2.45, 2.75) is 17.4 Å². The van der Waals surface area contributed by atoms with Crippen LogP contribution >= 0.6 is 22.7 Å². The van der Waals surface area contributed by atoms with E-state index in [9.17, 15) is 17.2 Å². The Morgan fingerprint density at radius 2 is 2.00 bits per heavy atom. The van der Waals surface area contributed by atoms with Crippen molar-refractivity contribution in [3.05, 3.63) is 76.6 Å². The molecule has 2 aromatic carbocycles. The number of ether oxygens (including phenoxy) is 1. The number of thiazole rings is 1. The first-order valence-electron chi connectivity index (χ1n) is 11.2. The number of anilines is 2. The molecular formula is C24H23N4O5S4-. The second-order valence-corrected chi connectivity index (χ2v) is 12.6. The highest BCUT2D eigenvalue weighted by Crippen LogP contribution is 2.34. The molecule has 4 aromatic rings. The number of fused-ring (bicyclic) bond motifs is 1. The normalized spacial score (nSPS) is 15.0. The van der Waals surface area contributed by atoms with E-state index in [1.807, 2.05) is 34.8 Å². The molecule has 0 saturated carbocycles. The van der Waals surface area contributed by atoms with Crippen LogP contribution in [-0.4, -0.2) is 42.4 Å². The Kier molecular flexibility index (Phi) is 7.60. The molecule has 3 heterocycles. The topological polar surface area (TPSA) is 124 Å². The highest BCUT2D eigenvalue weighted by molar-refractivity contribution is 7.89. The van der Waals surface area contributed by atoms with Crippen molar-refractivity contribution in [3.8, 4) is 15.6 Å². The lowest BCUT2D eigenvalue weighted by Gasteiger charge is -2.28. The van der Waals surface area contributed by atoms with Crippen LogP contribution in [0.3, 0.4) is 0 Å². The monoisotopic (exact) mass is 575 g/mol. The summed E-state index contributed by atoms with van der Waals surface area (Å²) in [4.78, 5) is 7.88. The summed E-state index contributed by atoms with van der Waals surface area (Å²) >= 11 is 0.599. The van der Waals surface area contributed by atoms with Crippen LogP contribution in [0.25, 0.3) is 9.88 Å². The van der Waals surface area contributed by atoms with Gasteiger partial charge in [-0.15, -0.1) is 22.7 Å². The molecule has 0 saturated heterocycles. The zero-order valence-electron chi connectivity index (χ0n) is 19.6. The van der Waals surface area contributed by atoms with Gasteiger partial charge in [0.1, 0.15) is 17.4 Å². The van der Waals surface area contributed by atoms with Crippen LogP contribution in [0.2, 0.25) is 0 Å². The molecule has 0 amide bonds. The first kappa shape index (κ1) is 25.8. The van der Waals surface area contributed by atoms with Crippen LogP contribution in [0.4, 0.5) is 11.4 Å². The summed E-state index contributed by atoms with van der Waals surface area (Å²) in [5.41, 5.74) is 2.68. The molecule has 0 bridgehead atoms. The zero-order valence-corrected chi connectivity index (χ0v) is 22.9. The summed E-state index contributed by atoms with van der Waals surface area (Å²) in [6, 6.07) is 14.9. The number of rotatable bonds is 9. The van der Waals surface area contributed by atoms with E-state index in [2.05, 4.69) is 9.44 Å². The molecule has 0 aliphatic carbocycles. The van der Waals surface area contributed by atoms with Crippen LogP contribution in [-0.2, 0) is 27.7 Å². The lowest BCUT2D eigenvalue weighted by molar-refractivity contribution is 0.310.